The van der Waals surface area contributed by atoms with Crippen molar-refractivity contribution in [2.45, 2.75) is 39.5 Å². The number of hydrogen-bond donors (Lipinski definition) is 0. The van der Waals surface area contributed by atoms with Gasteiger partial charge in [-0.25, -0.2) is 4.98 Å². The summed E-state index contributed by atoms with van der Waals surface area (Å²) in [6, 6.07) is 31.8. The molecule has 0 saturated heterocycles. The molecule has 5 nitrogen and oxygen atoms in total. The normalized spacial score (nSPS) is 11.9. The zero-order valence-electron chi connectivity index (χ0n) is 23.1. The van der Waals surface area contributed by atoms with Crippen molar-refractivity contribution < 1.29 is 4.42 Å². The molecule has 3 aromatic heterocycles. The topological polar surface area (TPSA) is 56.7 Å². The van der Waals surface area contributed by atoms with E-state index in [9.17, 15) is 0 Å². The molecule has 0 amide bonds. The highest BCUT2D eigenvalue weighted by molar-refractivity contribution is 6.09. The van der Waals surface area contributed by atoms with E-state index in [1.54, 1.807) is 6.20 Å². The van der Waals surface area contributed by atoms with E-state index in [2.05, 4.69) is 109 Å². The third-order valence-electron chi connectivity index (χ3n) is 7.73. The van der Waals surface area contributed by atoms with Gasteiger partial charge >= 0.3 is 0 Å². The number of aromatic nitrogens is 4. The highest BCUT2D eigenvalue weighted by atomic mass is 16.3. The van der Waals surface area contributed by atoms with Crippen LogP contribution in [0.1, 0.15) is 50.7 Å². The van der Waals surface area contributed by atoms with Crippen molar-refractivity contribution in [2.24, 2.45) is 0 Å². The molecule has 0 aliphatic rings. The van der Waals surface area contributed by atoms with Gasteiger partial charge in [0.05, 0.1) is 23.0 Å². The summed E-state index contributed by atoms with van der Waals surface area (Å²) in [5.41, 5.74) is 10.3. The van der Waals surface area contributed by atoms with Gasteiger partial charge in [0, 0.05) is 10.8 Å². The van der Waals surface area contributed by atoms with Crippen molar-refractivity contribution in [1.82, 2.24) is 19.7 Å². The van der Waals surface area contributed by atoms with Crippen LogP contribution in [0.3, 0.4) is 0 Å². The molecule has 0 atom stereocenters. The third kappa shape index (κ3) is 3.81. The molecule has 0 N–H and O–H groups in total. The van der Waals surface area contributed by atoms with E-state index in [0.29, 0.717) is 5.65 Å². The van der Waals surface area contributed by atoms with Crippen molar-refractivity contribution in [3.63, 3.8) is 0 Å². The average Bonchev–Trinajstić information content (AvgIpc) is 3.55. The van der Waals surface area contributed by atoms with E-state index < -0.39 is 0 Å². The van der Waals surface area contributed by atoms with E-state index in [-0.39, 0.29) is 11.8 Å². The van der Waals surface area contributed by atoms with Crippen molar-refractivity contribution in [3.8, 4) is 28.2 Å². The molecule has 7 rings (SSSR count). The zero-order valence-corrected chi connectivity index (χ0v) is 23.1. The summed E-state index contributed by atoms with van der Waals surface area (Å²) in [6.45, 7) is 9.04. The Morgan fingerprint density at radius 2 is 1.40 bits per heavy atom. The zero-order chi connectivity index (χ0) is 27.4. The Bertz CT molecular complexity index is 1990. The van der Waals surface area contributed by atoms with Crippen LogP contribution in [0.15, 0.2) is 102 Å². The van der Waals surface area contributed by atoms with E-state index in [1.165, 1.54) is 22.3 Å². The van der Waals surface area contributed by atoms with E-state index >= 15 is 0 Å². The van der Waals surface area contributed by atoms with Crippen LogP contribution in [-0.4, -0.2) is 19.7 Å². The maximum absolute atomic E-state index is 6.47. The Morgan fingerprint density at radius 3 is 2.15 bits per heavy atom. The second kappa shape index (κ2) is 9.45. The summed E-state index contributed by atoms with van der Waals surface area (Å²) in [5, 5.41) is 10.8. The summed E-state index contributed by atoms with van der Waals surface area (Å²) in [4.78, 5) is 5.09. The molecule has 0 aliphatic heterocycles. The van der Waals surface area contributed by atoms with E-state index in [4.69, 9.17) is 9.40 Å². The number of benzene rings is 4. The molecule has 0 fully saturated rings. The Labute approximate surface area is 233 Å². The summed E-state index contributed by atoms with van der Waals surface area (Å²) in [6.07, 6.45) is 1.74. The van der Waals surface area contributed by atoms with Gasteiger partial charge in [0.15, 0.2) is 5.82 Å². The van der Waals surface area contributed by atoms with Gasteiger partial charge < -0.3 is 4.42 Å². The van der Waals surface area contributed by atoms with Crippen molar-refractivity contribution in [2.75, 3.05) is 0 Å². The molecule has 0 aliphatic carbocycles. The first kappa shape index (κ1) is 24.3. The molecule has 0 unspecified atom stereocenters. The van der Waals surface area contributed by atoms with Crippen LogP contribution in [0.5, 0.6) is 0 Å². The lowest BCUT2D eigenvalue weighted by Gasteiger charge is -2.24. The average molecular weight is 523 g/mol. The first-order valence-corrected chi connectivity index (χ1v) is 13.9. The molecule has 7 aromatic rings. The molecule has 0 spiro atoms. The van der Waals surface area contributed by atoms with Crippen LogP contribution in [-0.2, 0) is 0 Å². The lowest BCUT2D eigenvalue weighted by molar-refractivity contribution is 0.669. The van der Waals surface area contributed by atoms with Crippen LogP contribution in [0.2, 0.25) is 0 Å². The number of para-hydroxylation sites is 2. The number of fused-ring (bicyclic) bond motifs is 4. The standard InChI is InChI=1S/C35H30N4O/c1-21(2)28-19-24(23-11-6-5-7-12-23)20-29(22(3)4)32(28)39-30-17-18-36-38-34(30)37-35(39)27-15-10-14-26-25-13-8-9-16-31(25)40-33(26)27/h5-22H,1-4H3. The first-order valence-electron chi connectivity index (χ1n) is 13.9. The van der Waals surface area contributed by atoms with Gasteiger partial charge in [0.25, 0.3) is 0 Å². The quantitative estimate of drug-likeness (QED) is 0.226. The first-order chi connectivity index (χ1) is 19.5. The number of furan rings is 1. The lowest BCUT2D eigenvalue weighted by Crippen LogP contribution is -2.09. The molecular formula is C35H30N4O. The molecule has 0 saturated carbocycles. The fraction of sp³-hybridized carbons (Fsp3) is 0.171. The fourth-order valence-electron chi connectivity index (χ4n) is 5.78. The molecular weight excluding hydrogens is 492 g/mol. The minimum atomic E-state index is 0.276. The monoisotopic (exact) mass is 522 g/mol. The number of nitrogens with zero attached hydrogens (tertiary/aromatic N) is 4. The van der Waals surface area contributed by atoms with Crippen molar-refractivity contribution in [3.05, 3.63) is 108 Å². The Hall–Kier alpha value is -4.77. The summed E-state index contributed by atoms with van der Waals surface area (Å²) >= 11 is 0. The van der Waals surface area contributed by atoms with Crippen LogP contribution in [0.4, 0.5) is 0 Å². The fourth-order valence-corrected chi connectivity index (χ4v) is 5.78. The summed E-state index contributed by atoms with van der Waals surface area (Å²) < 4.78 is 8.75. The van der Waals surface area contributed by atoms with Crippen molar-refractivity contribution >= 4 is 33.1 Å². The second-order valence-corrected chi connectivity index (χ2v) is 11.0. The molecule has 4 aromatic carbocycles. The van der Waals surface area contributed by atoms with Crippen molar-refractivity contribution in [1.29, 1.82) is 0 Å². The highest BCUT2D eigenvalue weighted by Crippen LogP contribution is 2.42. The lowest BCUT2D eigenvalue weighted by atomic mass is 9.88. The Morgan fingerprint density at radius 1 is 0.700 bits per heavy atom. The van der Waals surface area contributed by atoms with Gasteiger partial charge in [0.1, 0.15) is 11.2 Å². The second-order valence-electron chi connectivity index (χ2n) is 11.0. The Balaban J connectivity index is 1.59. The third-order valence-corrected chi connectivity index (χ3v) is 7.73. The van der Waals surface area contributed by atoms with Crippen LogP contribution in [0, 0.1) is 0 Å². The predicted octanol–water partition coefficient (Wildman–Crippen LogP) is 9.30. The van der Waals surface area contributed by atoms with Gasteiger partial charge in [-0.15, -0.1) is 5.10 Å². The van der Waals surface area contributed by atoms with E-state index in [1.807, 2.05) is 24.3 Å². The summed E-state index contributed by atoms with van der Waals surface area (Å²) in [5.74, 6) is 1.35. The molecule has 0 bridgehead atoms. The minimum Gasteiger partial charge on any atom is -0.455 e. The van der Waals surface area contributed by atoms with Crippen LogP contribution >= 0.6 is 0 Å². The minimum absolute atomic E-state index is 0.276. The van der Waals surface area contributed by atoms with Crippen LogP contribution in [0.25, 0.3) is 61.3 Å². The molecule has 0 radical (unpaired) electrons. The number of hydrogen-bond acceptors (Lipinski definition) is 4. The van der Waals surface area contributed by atoms with Gasteiger partial charge in [-0.1, -0.05) is 88.4 Å². The van der Waals surface area contributed by atoms with Gasteiger partial charge in [-0.3, -0.25) is 4.57 Å². The molecule has 5 heteroatoms. The van der Waals surface area contributed by atoms with Gasteiger partial charge in [0.2, 0.25) is 5.65 Å². The van der Waals surface area contributed by atoms with E-state index in [0.717, 1.165) is 44.5 Å². The molecule has 3 heterocycles. The van der Waals surface area contributed by atoms with Gasteiger partial charge in [-0.05, 0) is 64.4 Å². The maximum Gasteiger partial charge on any atom is 0.200 e. The summed E-state index contributed by atoms with van der Waals surface area (Å²) in [7, 11) is 0. The van der Waals surface area contributed by atoms with Crippen LogP contribution < -0.4 is 0 Å². The SMILES string of the molecule is CC(C)c1cc(-c2ccccc2)cc(C(C)C)c1-n1c(-c2cccc3c2oc2ccccc23)nc2nnccc21. The molecule has 40 heavy (non-hydrogen) atoms. The highest BCUT2D eigenvalue weighted by Gasteiger charge is 2.25. The number of rotatable bonds is 5. The molecule has 196 valence electrons. The largest absolute Gasteiger partial charge is 0.455 e. The number of imidazole rings is 1. The smallest absolute Gasteiger partial charge is 0.200 e. The maximum atomic E-state index is 6.47. The predicted molar refractivity (Wildman–Crippen MR) is 163 cm³/mol. The van der Waals surface area contributed by atoms with Gasteiger partial charge in [-0.2, -0.15) is 5.10 Å². The Kier molecular flexibility index (Phi) is 5.74.